The van der Waals surface area contributed by atoms with Crippen LogP contribution in [0.5, 0.6) is 0 Å². The number of aromatic nitrogens is 2. The minimum Gasteiger partial charge on any atom is -0.365 e. The van der Waals surface area contributed by atoms with E-state index in [1.807, 2.05) is 26.0 Å². The van der Waals surface area contributed by atoms with Crippen molar-refractivity contribution >= 4 is 23.4 Å². The second-order valence-corrected chi connectivity index (χ2v) is 6.33. The standard InChI is InChI=1S/C17H22N6O/c1-9-5-10(2)7-12(6-9)21-16-13(15(19)24)8-20-17(23-16)22-14(18)11-3-4-11/h5-8,11,14H,3-4,18H2,1-2H3,(H2,19,24)(H2,20,21,22,23). The smallest absolute Gasteiger partial charge is 0.254 e. The Labute approximate surface area is 140 Å². The molecule has 0 bridgehead atoms. The molecule has 1 saturated carbocycles. The maximum absolute atomic E-state index is 11.7. The normalized spacial score (nSPS) is 15.0. The third-order valence-electron chi connectivity index (χ3n) is 3.96. The van der Waals surface area contributed by atoms with Gasteiger partial charge >= 0.3 is 0 Å². The number of carbonyl (C=O) groups excluding carboxylic acids is 1. The summed E-state index contributed by atoms with van der Waals surface area (Å²) in [6.45, 7) is 4.02. The van der Waals surface area contributed by atoms with Gasteiger partial charge in [0.05, 0.1) is 6.17 Å². The summed E-state index contributed by atoms with van der Waals surface area (Å²) >= 11 is 0. The van der Waals surface area contributed by atoms with Crippen molar-refractivity contribution < 1.29 is 4.79 Å². The zero-order valence-electron chi connectivity index (χ0n) is 13.8. The van der Waals surface area contributed by atoms with Crippen molar-refractivity contribution in [2.45, 2.75) is 32.9 Å². The average molecular weight is 326 g/mol. The van der Waals surface area contributed by atoms with E-state index in [4.69, 9.17) is 11.5 Å². The van der Waals surface area contributed by atoms with E-state index < -0.39 is 5.91 Å². The maximum Gasteiger partial charge on any atom is 0.254 e. The summed E-state index contributed by atoms with van der Waals surface area (Å²) in [6.07, 6.45) is 3.46. The number of nitrogens with one attached hydrogen (secondary N) is 2. The van der Waals surface area contributed by atoms with Crippen molar-refractivity contribution in [1.82, 2.24) is 9.97 Å². The van der Waals surface area contributed by atoms with Gasteiger partial charge in [0.1, 0.15) is 11.4 Å². The quantitative estimate of drug-likeness (QED) is 0.603. The fraction of sp³-hybridized carbons (Fsp3) is 0.353. The fourth-order valence-corrected chi connectivity index (χ4v) is 2.63. The summed E-state index contributed by atoms with van der Waals surface area (Å²) in [5.41, 5.74) is 14.8. The lowest BCUT2D eigenvalue weighted by Crippen LogP contribution is -2.32. The fourth-order valence-electron chi connectivity index (χ4n) is 2.63. The summed E-state index contributed by atoms with van der Waals surface area (Å²) in [5, 5.41) is 6.24. The van der Waals surface area contributed by atoms with Gasteiger partial charge in [-0.15, -0.1) is 0 Å². The van der Waals surface area contributed by atoms with Gasteiger partial charge in [-0.2, -0.15) is 4.98 Å². The Bertz CT molecular complexity index is 751. The van der Waals surface area contributed by atoms with Crippen molar-refractivity contribution in [1.29, 1.82) is 0 Å². The van der Waals surface area contributed by atoms with Crippen molar-refractivity contribution in [2.24, 2.45) is 17.4 Å². The Morgan fingerprint density at radius 2 is 1.92 bits per heavy atom. The van der Waals surface area contributed by atoms with Crippen LogP contribution in [0.4, 0.5) is 17.5 Å². The first-order valence-corrected chi connectivity index (χ1v) is 7.96. The number of amides is 1. The Hall–Kier alpha value is -2.67. The van der Waals surface area contributed by atoms with Crippen LogP contribution in [0, 0.1) is 19.8 Å². The first-order chi connectivity index (χ1) is 11.4. The summed E-state index contributed by atoms with van der Waals surface area (Å²) < 4.78 is 0. The van der Waals surface area contributed by atoms with Crippen LogP contribution < -0.4 is 22.1 Å². The minimum atomic E-state index is -0.583. The van der Waals surface area contributed by atoms with Crippen molar-refractivity contribution in [3.63, 3.8) is 0 Å². The molecule has 3 rings (SSSR count). The second-order valence-electron chi connectivity index (χ2n) is 6.33. The third-order valence-corrected chi connectivity index (χ3v) is 3.96. The third kappa shape index (κ3) is 3.80. The van der Waals surface area contributed by atoms with Crippen molar-refractivity contribution in [3.05, 3.63) is 41.1 Å². The first-order valence-electron chi connectivity index (χ1n) is 7.96. The molecule has 0 radical (unpaired) electrons. The van der Waals surface area contributed by atoms with Crippen LogP contribution in [-0.2, 0) is 0 Å². The number of benzene rings is 1. The number of nitrogens with zero attached hydrogens (tertiary/aromatic N) is 2. The lowest BCUT2D eigenvalue weighted by atomic mass is 10.1. The van der Waals surface area contributed by atoms with Crippen LogP contribution in [0.15, 0.2) is 24.4 Å². The summed E-state index contributed by atoms with van der Waals surface area (Å²) in [5.74, 6) is 0.624. The van der Waals surface area contributed by atoms with Crippen LogP contribution in [0.2, 0.25) is 0 Å². The molecule has 1 aliphatic rings. The van der Waals surface area contributed by atoms with Gasteiger partial charge < -0.3 is 22.1 Å². The highest BCUT2D eigenvalue weighted by Gasteiger charge is 2.29. The van der Waals surface area contributed by atoms with E-state index in [0.717, 1.165) is 29.7 Å². The minimum absolute atomic E-state index is 0.182. The van der Waals surface area contributed by atoms with Gasteiger partial charge in [0.15, 0.2) is 0 Å². The largest absolute Gasteiger partial charge is 0.365 e. The van der Waals surface area contributed by atoms with Gasteiger partial charge in [-0.3, -0.25) is 4.79 Å². The summed E-state index contributed by atoms with van der Waals surface area (Å²) in [6, 6.07) is 6.02. The van der Waals surface area contributed by atoms with Crippen LogP contribution in [-0.4, -0.2) is 22.0 Å². The molecule has 0 saturated heterocycles. The summed E-state index contributed by atoms with van der Waals surface area (Å²) in [7, 11) is 0. The Morgan fingerprint density at radius 1 is 1.25 bits per heavy atom. The molecule has 1 aromatic heterocycles. The van der Waals surface area contributed by atoms with Gasteiger partial charge in [0.2, 0.25) is 5.95 Å². The molecule has 1 amide bonds. The van der Waals surface area contributed by atoms with E-state index in [1.165, 1.54) is 6.20 Å². The number of nitrogens with two attached hydrogens (primary N) is 2. The number of primary amides is 1. The van der Waals surface area contributed by atoms with E-state index in [2.05, 4.69) is 26.7 Å². The van der Waals surface area contributed by atoms with E-state index in [1.54, 1.807) is 0 Å². The van der Waals surface area contributed by atoms with Crippen molar-refractivity contribution in [3.8, 4) is 0 Å². The molecule has 1 heterocycles. The molecule has 126 valence electrons. The monoisotopic (exact) mass is 326 g/mol. The molecule has 1 unspecified atom stereocenters. The highest BCUT2D eigenvalue weighted by molar-refractivity contribution is 5.98. The lowest BCUT2D eigenvalue weighted by Gasteiger charge is -2.15. The molecule has 2 aromatic rings. The predicted molar refractivity (Wildman–Crippen MR) is 94.1 cm³/mol. The molecule has 1 aliphatic carbocycles. The average Bonchev–Trinajstić information content (AvgIpc) is 3.30. The molecule has 7 heteroatoms. The molecule has 1 atom stereocenters. The zero-order chi connectivity index (χ0) is 17.3. The maximum atomic E-state index is 11.7. The Morgan fingerprint density at radius 3 is 2.50 bits per heavy atom. The number of hydrogen-bond acceptors (Lipinski definition) is 6. The van der Waals surface area contributed by atoms with Crippen LogP contribution in [0.1, 0.15) is 34.3 Å². The van der Waals surface area contributed by atoms with Crippen molar-refractivity contribution in [2.75, 3.05) is 10.6 Å². The van der Waals surface area contributed by atoms with E-state index in [-0.39, 0.29) is 11.7 Å². The molecule has 7 nitrogen and oxygen atoms in total. The number of aryl methyl sites for hydroxylation is 2. The zero-order valence-corrected chi connectivity index (χ0v) is 13.8. The molecule has 1 aromatic carbocycles. The van der Waals surface area contributed by atoms with Crippen LogP contribution in [0.3, 0.4) is 0 Å². The van der Waals surface area contributed by atoms with Gasteiger partial charge in [-0.25, -0.2) is 4.98 Å². The van der Waals surface area contributed by atoms with E-state index >= 15 is 0 Å². The Balaban J connectivity index is 1.89. The van der Waals surface area contributed by atoms with Crippen LogP contribution >= 0.6 is 0 Å². The second kappa shape index (κ2) is 6.45. The molecule has 0 aliphatic heterocycles. The van der Waals surface area contributed by atoms with E-state index in [0.29, 0.717) is 17.7 Å². The molecule has 24 heavy (non-hydrogen) atoms. The van der Waals surface area contributed by atoms with E-state index in [9.17, 15) is 4.79 Å². The predicted octanol–water partition coefficient (Wildman–Crippen LogP) is 2.04. The number of rotatable bonds is 6. The molecular weight excluding hydrogens is 304 g/mol. The molecular formula is C17H22N6O. The SMILES string of the molecule is Cc1cc(C)cc(Nc2nc(NC(N)C3CC3)ncc2C(N)=O)c1. The Kier molecular flexibility index (Phi) is 4.35. The highest BCUT2D eigenvalue weighted by Crippen LogP contribution is 2.31. The number of carbonyl (C=O) groups is 1. The number of anilines is 3. The molecule has 6 N–H and O–H groups in total. The van der Waals surface area contributed by atoms with Crippen LogP contribution in [0.25, 0.3) is 0 Å². The van der Waals surface area contributed by atoms with Gasteiger partial charge in [0.25, 0.3) is 5.91 Å². The van der Waals surface area contributed by atoms with Gasteiger partial charge in [0, 0.05) is 11.9 Å². The number of hydrogen-bond donors (Lipinski definition) is 4. The lowest BCUT2D eigenvalue weighted by molar-refractivity contribution is 0.100. The topological polar surface area (TPSA) is 119 Å². The van der Waals surface area contributed by atoms with Gasteiger partial charge in [-0.05, 0) is 55.9 Å². The summed E-state index contributed by atoms with van der Waals surface area (Å²) in [4.78, 5) is 20.2. The molecule has 1 fully saturated rings. The first kappa shape index (κ1) is 16.2. The highest BCUT2D eigenvalue weighted by atomic mass is 16.1. The van der Waals surface area contributed by atoms with Gasteiger partial charge in [-0.1, -0.05) is 6.07 Å². The molecule has 0 spiro atoms.